The lowest BCUT2D eigenvalue weighted by Crippen LogP contribution is -2.28. The van der Waals surface area contributed by atoms with Gasteiger partial charge >= 0.3 is 0 Å². The van der Waals surface area contributed by atoms with Gasteiger partial charge in [-0.1, -0.05) is 24.3 Å². The first kappa shape index (κ1) is 12.7. The molecule has 0 heterocycles. The lowest BCUT2D eigenvalue weighted by atomic mass is 9.85. The van der Waals surface area contributed by atoms with E-state index in [1.165, 1.54) is 0 Å². The number of hydrogen-bond donors (Lipinski definition) is 2. The fraction of sp³-hybridized carbons (Fsp3) is 0.400. The van der Waals surface area contributed by atoms with Crippen LogP contribution in [0, 0.1) is 24.7 Å². The summed E-state index contributed by atoms with van der Waals surface area (Å²) < 4.78 is 0. The Morgan fingerprint density at radius 3 is 2.89 bits per heavy atom. The summed E-state index contributed by atoms with van der Waals surface area (Å²) >= 11 is 0. The number of amides is 1. The van der Waals surface area contributed by atoms with Crippen molar-refractivity contribution in [2.75, 3.05) is 11.9 Å². The maximum Gasteiger partial charge on any atom is 0.227 e. The van der Waals surface area contributed by atoms with Crippen molar-refractivity contribution in [3.63, 3.8) is 0 Å². The van der Waals surface area contributed by atoms with Gasteiger partial charge in [-0.25, -0.2) is 0 Å². The van der Waals surface area contributed by atoms with Gasteiger partial charge in [0.05, 0.1) is 5.69 Å². The third kappa shape index (κ3) is 2.91. The number of aryl methyl sites for hydroxylation is 1. The number of carbonyl (C=O) groups excluding carboxylic acids is 1. The molecule has 1 aliphatic carbocycles. The molecule has 0 atom stereocenters. The van der Waals surface area contributed by atoms with E-state index in [1.807, 2.05) is 25.1 Å². The van der Waals surface area contributed by atoms with Gasteiger partial charge in [-0.05, 0) is 37.5 Å². The monoisotopic (exact) mass is 243 g/mol. The maximum atomic E-state index is 11.9. The molecule has 1 aromatic rings. The van der Waals surface area contributed by atoms with Crippen LogP contribution in [0.4, 0.5) is 5.69 Å². The summed E-state index contributed by atoms with van der Waals surface area (Å²) in [5.74, 6) is 5.72. The molecule has 2 rings (SSSR count). The van der Waals surface area contributed by atoms with Crippen LogP contribution in [0.3, 0.4) is 0 Å². The molecule has 0 saturated heterocycles. The van der Waals surface area contributed by atoms with E-state index in [-0.39, 0.29) is 18.4 Å². The van der Waals surface area contributed by atoms with E-state index in [1.54, 1.807) is 0 Å². The summed E-state index contributed by atoms with van der Waals surface area (Å²) in [4.78, 5) is 11.9. The average Bonchev–Trinajstić information content (AvgIpc) is 2.27. The van der Waals surface area contributed by atoms with Gasteiger partial charge < -0.3 is 10.4 Å². The highest BCUT2D eigenvalue weighted by Gasteiger charge is 2.25. The molecule has 1 saturated carbocycles. The van der Waals surface area contributed by atoms with Crippen LogP contribution in [0.15, 0.2) is 18.2 Å². The summed E-state index contributed by atoms with van der Waals surface area (Å²) in [5, 5.41) is 11.7. The third-order valence-electron chi connectivity index (χ3n) is 3.21. The first-order valence-electron chi connectivity index (χ1n) is 6.22. The van der Waals surface area contributed by atoms with Crippen LogP contribution in [0.1, 0.15) is 30.4 Å². The molecule has 0 spiro atoms. The van der Waals surface area contributed by atoms with E-state index < -0.39 is 0 Å². The molecule has 3 nitrogen and oxygen atoms in total. The number of anilines is 1. The summed E-state index contributed by atoms with van der Waals surface area (Å²) in [5.41, 5.74) is 2.58. The Hall–Kier alpha value is -1.79. The molecule has 0 bridgehead atoms. The van der Waals surface area contributed by atoms with E-state index in [9.17, 15) is 4.79 Å². The highest BCUT2D eigenvalue weighted by Crippen LogP contribution is 2.28. The lowest BCUT2D eigenvalue weighted by molar-refractivity contribution is -0.122. The van der Waals surface area contributed by atoms with Crippen molar-refractivity contribution < 1.29 is 9.90 Å². The number of benzene rings is 1. The van der Waals surface area contributed by atoms with Crippen LogP contribution in [0.25, 0.3) is 0 Å². The van der Waals surface area contributed by atoms with E-state index in [0.29, 0.717) is 0 Å². The number of aliphatic hydroxyl groups is 1. The van der Waals surface area contributed by atoms with Crippen molar-refractivity contribution in [1.29, 1.82) is 0 Å². The van der Waals surface area contributed by atoms with Crippen molar-refractivity contribution in [2.24, 2.45) is 5.92 Å². The van der Waals surface area contributed by atoms with Gasteiger partial charge in [0.2, 0.25) is 5.91 Å². The number of nitrogens with one attached hydrogen (secondary N) is 1. The van der Waals surface area contributed by atoms with Crippen LogP contribution in [-0.4, -0.2) is 17.6 Å². The summed E-state index contributed by atoms with van der Waals surface area (Å²) in [6.45, 7) is 1.80. The topological polar surface area (TPSA) is 49.3 Å². The molecule has 2 N–H and O–H groups in total. The molecule has 1 aliphatic rings. The first-order chi connectivity index (χ1) is 8.70. The Labute approximate surface area is 107 Å². The van der Waals surface area contributed by atoms with Gasteiger partial charge in [-0.2, -0.15) is 0 Å². The molecular formula is C15H17NO2. The number of carbonyl (C=O) groups is 1. The molecule has 94 valence electrons. The second kappa shape index (κ2) is 5.70. The molecule has 1 amide bonds. The van der Waals surface area contributed by atoms with Crippen LogP contribution < -0.4 is 5.32 Å². The van der Waals surface area contributed by atoms with Gasteiger partial charge in [-0.15, -0.1) is 0 Å². The van der Waals surface area contributed by atoms with E-state index in [4.69, 9.17) is 5.11 Å². The number of hydrogen-bond acceptors (Lipinski definition) is 2. The minimum Gasteiger partial charge on any atom is -0.384 e. The Bertz CT molecular complexity index is 507. The van der Waals surface area contributed by atoms with Gasteiger partial charge in [0.15, 0.2) is 0 Å². The van der Waals surface area contributed by atoms with Gasteiger partial charge in [0, 0.05) is 11.5 Å². The molecule has 0 aromatic heterocycles. The molecule has 18 heavy (non-hydrogen) atoms. The molecule has 0 unspecified atom stereocenters. The van der Waals surface area contributed by atoms with Gasteiger partial charge in [-0.3, -0.25) is 4.79 Å². The molecule has 0 aliphatic heterocycles. The molecule has 3 heteroatoms. The van der Waals surface area contributed by atoms with Crippen molar-refractivity contribution >= 4 is 11.6 Å². The molecule has 0 radical (unpaired) electrons. The van der Waals surface area contributed by atoms with Crippen molar-refractivity contribution in [1.82, 2.24) is 0 Å². The van der Waals surface area contributed by atoms with Crippen molar-refractivity contribution in [3.8, 4) is 11.8 Å². The van der Waals surface area contributed by atoms with Crippen molar-refractivity contribution in [3.05, 3.63) is 29.3 Å². The Morgan fingerprint density at radius 2 is 2.28 bits per heavy atom. The minimum atomic E-state index is -0.177. The lowest BCUT2D eigenvalue weighted by Gasteiger charge is -2.24. The predicted molar refractivity (Wildman–Crippen MR) is 71.1 cm³/mol. The van der Waals surface area contributed by atoms with Crippen LogP contribution in [0.5, 0.6) is 0 Å². The normalized spacial score (nSPS) is 14.3. The zero-order chi connectivity index (χ0) is 13.0. The Kier molecular flexibility index (Phi) is 4.01. The summed E-state index contributed by atoms with van der Waals surface area (Å²) in [6.07, 6.45) is 3.11. The summed E-state index contributed by atoms with van der Waals surface area (Å²) in [6, 6.07) is 5.73. The maximum absolute atomic E-state index is 11.9. The van der Waals surface area contributed by atoms with E-state index in [0.717, 1.165) is 36.1 Å². The molecular weight excluding hydrogens is 226 g/mol. The fourth-order valence-electron chi connectivity index (χ4n) is 1.91. The zero-order valence-corrected chi connectivity index (χ0v) is 10.5. The predicted octanol–water partition coefficient (Wildman–Crippen LogP) is 2.08. The highest BCUT2D eigenvalue weighted by atomic mass is 16.2. The standard InChI is InChI=1S/C15H17NO2/c1-11-7-8-14(13(10-11)6-3-9-17)16-15(18)12-4-2-5-12/h7-8,10,12,17H,2,4-5,9H2,1H3,(H,16,18). The van der Waals surface area contributed by atoms with Gasteiger partial charge in [0.25, 0.3) is 0 Å². The van der Waals surface area contributed by atoms with Crippen LogP contribution in [0.2, 0.25) is 0 Å². The number of aliphatic hydroxyl groups excluding tert-OH is 1. The van der Waals surface area contributed by atoms with E-state index >= 15 is 0 Å². The van der Waals surface area contributed by atoms with Crippen LogP contribution in [-0.2, 0) is 4.79 Å². The van der Waals surface area contributed by atoms with E-state index in [2.05, 4.69) is 17.2 Å². The quantitative estimate of drug-likeness (QED) is 0.781. The highest BCUT2D eigenvalue weighted by molar-refractivity contribution is 5.94. The van der Waals surface area contributed by atoms with Crippen molar-refractivity contribution in [2.45, 2.75) is 26.2 Å². The smallest absolute Gasteiger partial charge is 0.227 e. The summed E-state index contributed by atoms with van der Waals surface area (Å²) in [7, 11) is 0. The minimum absolute atomic E-state index is 0.0807. The second-order valence-electron chi connectivity index (χ2n) is 4.63. The SMILES string of the molecule is Cc1ccc(NC(=O)C2CCC2)c(C#CCO)c1. The molecule has 1 aromatic carbocycles. The second-order valence-corrected chi connectivity index (χ2v) is 4.63. The Morgan fingerprint density at radius 1 is 1.50 bits per heavy atom. The Balaban J connectivity index is 2.17. The first-order valence-corrected chi connectivity index (χ1v) is 6.22. The average molecular weight is 243 g/mol. The van der Waals surface area contributed by atoms with Gasteiger partial charge in [0.1, 0.15) is 6.61 Å². The number of rotatable bonds is 2. The van der Waals surface area contributed by atoms with Crippen LogP contribution >= 0.6 is 0 Å². The largest absolute Gasteiger partial charge is 0.384 e. The third-order valence-corrected chi connectivity index (χ3v) is 3.21. The zero-order valence-electron chi connectivity index (χ0n) is 10.5. The fourth-order valence-corrected chi connectivity index (χ4v) is 1.91. The molecule has 1 fully saturated rings.